The van der Waals surface area contributed by atoms with Crippen LogP contribution in [0, 0.1) is 0 Å². The standard InChI is InChI=1S/C8H13N3O2/c9-8(13)10-4-6(5-10)11-3-1-2-7(11)12/h6H,1-5H2,(H2,9,13). The van der Waals surface area contributed by atoms with E-state index in [4.69, 9.17) is 5.73 Å². The molecule has 0 spiro atoms. The zero-order valence-electron chi connectivity index (χ0n) is 7.40. The molecule has 13 heavy (non-hydrogen) atoms. The first kappa shape index (κ1) is 8.34. The number of amides is 3. The Kier molecular flexibility index (Phi) is 1.86. The van der Waals surface area contributed by atoms with Crippen molar-refractivity contribution in [3.05, 3.63) is 0 Å². The average molecular weight is 183 g/mol. The summed E-state index contributed by atoms with van der Waals surface area (Å²) < 4.78 is 0. The quantitative estimate of drug-likeness (QED) is 0.588. The maximum atomic E-state index is 11.3. The van der Waals surface area contributed by atoms with E-state index in [2.05, 4.69) is 0 Å². The first-order valence-electron chi connectivity index (χ1n) is 4.52. The molecule has 0 aliphatic carbocycles. The third kappa shape index (κ3) is 1.34. The van der Waals surface area contributed by atoms with Crippen LogP contribution >= 0.6 is 0 Å². The summed E-state index contributed by atoms with van der Waals surface area (Å²) in [6.07, 6.45) is 1.61. The van der Waals surface area contributed by atoms with Gasteiger partial charge in [0.1, 0.15) is 0 Å². The van der Waals surface area contributed by atoms with Crippen LogP contribution < -0.4 is 5.73 Å². The van der Waals surface area contributed by atoms with Gasteiger partial charge in [-0.2, -0.15) is 0 Å². The summed E-state index contributed by atoms with van der Waals surface area (Å²) in [5.41, 5.74) is 5.08. The zero-order chi connectivity index (χ0) is 9.42. The molecule has 72 valence electrons. The molecule has 2 heterocycles. The van der Waals surface area contributed by atoms with Crippen LogP contribution in [0.5, 0.6) is 0 Å². The van der Waals surface area contributed by atoms with Crippen LogP contribution in [-0.2, 0) is 4.79 Å². The Morgan fingerprint density at radius 2 is 2.15 bits per heavy atom. The Hall–Kier alpha value is -1.26. The van der Waals surface area contributed by atoms with Crippen molar-refractivity contribution in [3.63, 3.8) is 0 Å². The maximum absolute atomic E-state index is 11.3. The molecule has 0 radical (unpaired) electrons. The van der Waals surface area contributed by atoms with Crippen molar-refractivity contribution in [1.82, 2.24) is 9.80 Å². The normalized spacial score (nSPS) is 23.5. The first-order chi connectivity index (χ1) is 6.18. The Balaban J connectivity index is 1.86. The minimum absolute atomic E-state index is 0.217. The van der Waals surface area contributed by atoms with Gasteiger partial charge in [-0.15, -0.1) is 0 Å². The zero-order valence-corrected chi connectivity index (χ0v) is 7.40. The highest BCUT2D eigenvalue weighted by Gasteiger charge is 2.37. The van der Waals surface area contributed by atoms with E-state index < -0.39 is 0 Å². The van der Waals surface area contributed by atoms with Gasteiger partial charge in [0.05, 0.1) is 6.04 Å². The summed E-state index contributed by atoms with van der Waals surface area (Å²) in [5.74, 6) is 0.217. The minimum atomic E-state index is -0.386. The molecule has 0 bridgehead atoms. The number of carbonyl (C=O) groups is 2. The van der Waals surface area contributed by atoms with Gasteiger partial charge < -0.3 is 15.5 Å². The molecule has 3 amide bonds. The van der Waals surface area contributed by atoms with Crippen LogP contribution in [0.1, 0.15) is 12.8 Å². The van der Waals surface area contributed by atoms with Crippen molar-refractivity contribution >= 4 is 11.9 Å². The van der Waals surface area contributed by atoms with Gasteiger partial charge in [0.15, 0.2) is 0 Å². The predicted molar refractivity (Wildman–Crippen MR) is 45.9 cm³/mol. The summed E-state index contributed by atoms with van der Waals surface area (Å²) in [4.78, 5) is 25.4. The molecule has 5 heteroatoms. The van der Waals surface area contributed by atoms with Gasteiger partial charge in [-0.05, 0) is 6.42 Å². The van der Waals surface area contributed by atoms with E-state index in [9.17, 15) is 9.59 Å². The molecular weight excluding hydrogens is 170 g/mol. The van der Waals surface area contributed by atoms with Crippen LogP contribution in [0.3, 0.4) is 0 Å². The van der Waals surface area contributed by atoms with E-state index in [-0.39, 0.29) is 18.0 Å². The number of likely N-dealkylation sites (tertiary alicyclic amines) is 2. The largest absolute Gasteiger partial charge is 0.351 e. The van der Waals surface area contributed by atoms with Crippen molar-refractivity contribution in [2.75, 3.05) is 19.6 Å². The second-order valence-corrected chi connectivity index (χ2v) is 3.59. The van der Waals surface area contributed by atoms with E-state index in [0.717, 1.165) is 13.0 Å². The summed E-state index contributed by atoms with van der Waals surface area (Å²) in [5, 5.41) is 0. The molecule has 2 rings (SSSR count). The Morgan fingerprint density at radius 3 is 2.62 bits per heavy atom. The number of rotatable bonds is 1. The van der Waals surface area contributed by atoms with Gasteiger partial charge in [0, 0.05) is 26.1 Å². The fourth-order valence-corrected chi connectivity index (χ4v) is 1.89. The fourth-order valence-electron chi connectivity index (χ4n) is 1.89. The highest BCUT2D eigenvalue weighted by molar-refractivity contribution is 5.79. The third-order valence-corrected chi connectivity index (χ3v) is 2.72. The lowest BCUT2D eigenvalue weighted by Crippen LogP contribution is -2.62. The molecule has 0 unspecified atom stereocenters. The molecule has 0 aromatic heterocycles. The second-order valence-electron chi connectivity index (χ2n) is 3.59. The molecular formula is C8H13N3O2. The molecule has 2 aliphatic rings. The van der Waals surface area contributed by atoms with Gasteiger partial charge in [0.2, 0.25) is 5.91 Å². The van der Waals surface area contributed by atoms with Gasteiger partial charge in [0.25, 0.3) is 0 Å². The maximum Gasteiger partial charge on any atom is 0.314 e. The highest BCUT2D eigenvalue weighted by Crippen LogP contribution is 2.20. The topological polar surface area (TPSA) is 66.6 Å². The highest BCUT2D eigenvalue weighted by atomic mass is 16.2. The molecule has 2 aliphatic heterocycles. The van der Waals surface area contributed by atoms with Crippen molar-refractivity contribution < 1.29 is 9.59 Å². The van der Waals surface area contributed by atoms with E-state index in [1.54, 1.807) is 4.90 Å². The van der Waals surface area contributed by atoms with Crippen molar-refractivity contribution in [2.24, 2.45) is 5.73 Å². The molecule has 0 saturated carbocycles. The number of urea groups is 1. The molecule has 0 aromatic carbocycles. The second kappa shape index (κ2) is 2.90. The summed E-state index contributed by atoms with van der Waals surface area (Å²) >= 11 is 0. The van der Waals surface area contributed by atoms with Gasteiger partial charge in [-0.1, -0.05) is 0 Å². The minimum Gasteiger partial charge on any atom is -0.351 e. The van der Waals surface area contributed by atoms with Crippen LogP contribution in [0.4, 0.5) is 4.79 Å². The lowest BCUT2D eigenvalue weighted by molar-refractivity contribution is -0.132. The number of primary amides is 1. The molecule has 0 atom stereocenters. The smallest absolute Gasteiger partial charge is 0.314 e. The van der Waals surface area contributed by atoms with E-state index in [0.29, 0.717) is 19.5 Å². The molecule has 5 nitrogen and oxygen atoms in total. The Morgan fingerprint density at radius 1 is 1.46 bits per heavy atom. The van der Waals surface area contributed by atoms with Crippen LogP contribution in [0.25, 0.3) is 0 Å². The number of nitrogens with zero attached hydrogens (tertiary/aromatic N) is 2. The lowest BCUT2D eigenvalue weighted by Gasteiger charge is -2.42. The van der Waals surface area contributed by atoms with Crippen LogP contribution in [-0.4, -0.2) is 47.4 Å². The third-order valence-electron chi connectivity index (χ3n) is 2.72. The number of hydrogen-bond acceptors (Lipinski definition) is 2. The summed E-state index contributed by atoms with van der Waals surface area (Å²) in [6.45, 7) is 2.07. The number of carbonyl (C=O) groups excluding carboxylic acids is 2. The fraction of sp³-hybridized carbons (Fsp3) is 0.750. The van der Waals surface area contributed by atoms with Crippen molar-refractivity contribution in [2.45, 2.75) is 18.9 Å². The van der Waals surface area contributed by atoms with Crippen molar-refractivity contribution in [1.29, 1.82) is 0 Å². The van der Waals surface area contributed by atoms with Crippen molar-refractivity contribution in [3.8, 4) is 0 Å². The van der Waals surface area contributed by atoms with E-state index in [1.807, 2.05) is 4.90 Å². The molecule has 0 aromatic rings. The number of hydrogen-bond donors (Lipinski definition) is 1. The molecule has 2 saturated heterocycles. The SMILES string of the molecule is NC(=O)N1CC(N2CCCC2=O)C1. The lowest BCUT2D eigenvalue weighted by atomic mass is 10.1. The van der Waals surface area contributed by atoms with Crippen LogP contribution in [0.2, 0.25) is 0 Å². The van der Waals surface area contributed by atoms with Gasteiger partial charge in [-0.3, -0.25) is 4.79 Å². The Bertz CT molecular complexity index is 248. The molecule has 2 N–H and O–H groups in total. The Labute approximate surface area is 76.5 Å². The molecule has 2 fully saturated rings. The predicted octanol–water partition coefficient (Wildman–Crippen LogP) is -0.628. The monoisotopic (exact) mass is 183 g/mol. The summed E-state index contributed by atoms with van der Waals surface area (Å²) in [6, 6.07) is -0.162. The van der Waals surface area contributed by atoms with Gasteiger partial charge in [-0.25, -0.2) is 4.79 Å². The first-order valence-corrected chi connectivity index (χ1v) is 4.52. The summed E-state index contributed by atoms with van der Waals surface area (Å²) in [7, 11) is 0. The average Bonchev–Trinajstić information content (AvgIpc) is 2.32. The van der Waals surface area contributed by atoms with E-state index >= 15 is 0 Å². The van der Waals surface area contributed by atoms with Gasteiger partial charge >= 0.3 is 6.03 Å². The number of nitrogens with two attached hydrogens (primary N) is 1. The van der Waals surface area contributed by atoms with E-state index in [1.165, 1.54) is 0 Å². The van der Waals surface area contributed by atoms with Crippen LogP contribution in [0.15, 0.2) is 0 Å².